The molecule has 0 N–H and O–H groups in total. The van der Waals surface area contributed by atoms with Gasteiger partial charge in [-0.1, -0.05) is 38.0 Å². The van der Waals surface area contributed by atoms with E-state index in [1.54, 1.807) is 0 Å². The van der Waals surface area contributed by atoms with Crippen LogP contribution in [-0.2, 0) is 4.79 Å². The molecule has 2 aliphatic carbocycles. The molecular formula is C22H26O. The largest absolute Gasteiger partial charge is 0.298 e. The molecule has 0 aromatic heterocycles. The lowest BCUT2D eigenvalue weighted by Gasteiger charge is -2.35. The third-order valence-electron chi connectivity index (χ3n) is 5.95. The lowest BCUT2D eigenvalue weighted by atomic mass is 9.68. The summed E-state index contributed by atoms with van der Waals surface area (Å²) in [4.78, 5) is 13.2. The van der Waals surface area contributed by atoms with Crippen LogP contribution >= 0.6 is 0 Å². The molecule has 0 heterocycles. The quantitative estimate of drug-likeness (QED) is 0.533. The number of carbonyl (C=O) groups is 1. The summed E-state index contributed by atoms with van der Waals surface area (Å²) in [5.41, 5.74) is 4.46. The lowest BCUT2D eigenvalue weighted by Crippen LogP contribution is -2.32. The maximum Gasteiger partial charge on any atom is 0.148 e. The zero-order valence-corrected chi connectivity index (χ0v) is 14.6. The minimum Gasteiger partial charge on any atom is -0.298 e. The summed E-state index contributed by atoms with van der Waals surface area (Å²) in [6, 6.07) is 6.23. The molecule has 2 fully saturated rings. The Balaban J connectivity index is 2.01. The second-order valence-electron chi connectivity index (χ2n) is 7.44. The first-order chi connectivity index (χ1) is 11.0. The molecule has 2 saturated carbocycles. The number of aryl methyl sites for hydroxylation is 1. The molecule has 2 aliphatic rings. The second kappa shape index (κ2) is 6.00. The summed E-state index contributed by atoms with van der Waals surface area (Å²) in [5, 5.41) is 0. The summed E-state index contributed by atoms with van der Waals surface area (Å²) in [6.07, 6.45) is 2.38. The smallest absolute Gasteiger partial charge is 0.148 e. The Hall–Kier alpha value is -1.81. The summed E-state index contributed by atoms with van der Waals surface area (Å²) in [5.74, 6) is 7.91. The number of benzene rings is 1. The van der Waals surface area contributed by atoms with Gasteiger partial charge < -0.3 is 0 Å². The average Bonchev–Trinajstić information content (AvgIpc) is 2.77. The lowest BCUT2D eigenvalue weighted by molar-refractivity contribution is -0.125. The van der Waals surface area contributed by atoms with Crippen molar-refractivity contribution in [2.75, 3.05) is 0 Å². The molecule has 0 radical (unpaired) electrons. The first-order valence-corrected chi connectivity index (χ1v) is 8.71. The predicted octanol–water partition coefficient (Wildman–Crippen LogP) is 4.89. The van der Waals surface area contributed by atoms with Crippen molar-refractivity contribution in [3.8, 4) is 11.8 Å². The fourth-order valence-electron chi connectivity index (χ4n) is 4.79. The van der Waals surface area contributed by atoms with Crippen molar-refractivity contribution >= 4 is 5.78 Å². The van der Waals surface area contributed by atoms with Gasteiger partial charge in [0, 0.05) is 11.5 Å². The molecule has 0 amide bonds. The van der Waals surface area contributed by atoms with E-state index in [2.05, 4.69) is 51.3 Å². The van der Waals surface area contributed by atoms with E-state index in [9.17, 15) is 4.79 Å². The van der Waals surface area contributed by atoms with E-state index in [-0.39, 0.29) is 11.8 Å². The molecule has 3 rings (SSSR count). The molecule has 1 aromatic carbocycles. The van der Waals surface area contributed by atoms with E-state index in [1.165, 1.54) is 6.42 Å². The van der Waals surface area contributed by atoms with E-state index in [0.29, 0.717) is 23.5 Å². The van der Waals surface area contributed by atoms with Gasteiger partial charge in [-0.3, -0.25) is 4.79 Å². The van der Waals surface area contributed by atoms with E-state index < -0.39 is 0 Å². The van der Waals surface area contributed by atoms with Crippen LogP contribution in [0.1, 0.15) is 56.2 Å². The van der Waals surface area contributed by atoms with Gasteiger partial charge in [0.15, 0.2) is 0 Å². The first kappa shape index (κ1) is 16.1. The van der Waals surface area contributed by atoms with Crippen LogP contribution in [0.2, 0.25) is 0 Å². The van der Waals surface area contributed by atoms with Gasteiger partial charge in [0.1, 0.15) is 5.78 Å². The Morgan fingerprint density at radius 1 is 1.13 bits per heavy atom. The van der Waals surface area contributed by atoms with E-state index >= 15 is 0 Å². The molecular weight excluding hydrogens is 280 g/mol. The number of ketones is 1. The SMILES string of the molecule is C=C1C(c2ccc(C#CC)cc2C)C(=O)[C@H]2C(C)CCC(C)[C@@H]12. The number of fused-ring (bicyclic) bond motifs is 1. The van der Waals surface area contributed by atoms with Crippen LogP contribution in [0.4, 0.5) is 0 Å². The highest BCUT2D eigenvalue weighted by atomic mass is 16.1. The topological polar surface area (TPSA) is 17.1 Å². The monoisotopic (exact) mass is 306 g/mol. The zero-order valence-electron chi connectivity index (χ0n) is 14.6. The van der Waals surface area contributed by atoms with Crippen molar-refractivity contribution in [1.29, 1.82) is 0 Å². The Morgan fingerprint density at radius 3 is 2.35 bits per heavy atom. The molecule has 1 heteroatoms. The molecule has 1 aromatic rings. The molecule has 1 nitrogen and oxygen atoms in total. The van der Waals surface area contributed by atoms with Crippen LogP contribution in [0.3, 0.4) is 0 Å². The molecule has 3 unspecified atom stereocenters. The first-order valence-electron chi connectivity index (χ1n) is 8.71. The maximum absolute atomic E-state index is 13.2. The Labute approximate surface area is 140 Å². The Kier molecular flexibility index (Phi) is 4.19. The van der Waals surface area contributed by atoms with Crippen molar-refractivity contribution in [3.05, 3.63) is 47.0 Å². The minimum atomic E-state index is -0.114. The number of hydrogen-bond donors (Lipinski definition) is 0. The van der Waals surface area contributed by atoms with Crippen LogP contribution in [0, 0.1) is 42.4 Å². The van der Waals surface area contributed by atoms with Crippen LogP contribution in [-0.4, -0.2) is 5.78 Å². The third-order valence-corrected chi connectivity index (χ3v) is 5.95. The average molecular weight is 306 g/mol. The summed E-state index contributed by atoms with van der Waals surface area (Å²) >= 11 is 0. The summed E-state index contributed by atoms with van der Waals surface area (Å²) in [7, 11) is 0. The van der Waals surface area contributed by atoms with Gasteiger partial charge in [-0.15, -0.1) is 5.92 Å². The van der Waals surface area contributed by atoms with Crippen LogP contribution < -0.4 is 0 Å². The highest BCUT2D eigenvalue weighted by Crippen LogP contribution is 2.54. The number of allylic oxidation sites excluding steroid dienone is 1. The summed E-state index contributed by atoms with van der Waals surface area (Å²) < 4.78 is 0. The predicted molar refractivity (Wildman–Crippen MR) is 95.2 cm³/mol. The standard InChI is InChI=1S/C22H26O/c1-6-7-17-10-11-18(15(4)12-17)21-16(5)19-13(2)8-9-14(3)20(19)22(21)23/h10-14,19-21H,5,8-9H2,1-4H3/t13?,14?,19-,20-,21?/m0/s1. The van der Waals surface area contributed by atoms with Gasteiger partial charge in [-0.05, 0) is 67.7 Å². The third kappa shape index (κ3) is 2.55. The Morgan fingerprint density at radius 2 is 1.78 bits per heavy atom. The van der Waals surface area contributed by atoms with Crippen molar-refractivity contribution in [3.63, 3.8) is 0 Å². The van der Waals surface area contributed by atoms with E-state index in [1.807, 2.05) is 13.0 Å². The summed E-state index contributed by atoms with van der Waals surface area (Å²) in [6.45, 7) is 12.8. The van der Waals surface area contributed by atoms with Crippen LogP contribution in [0.15, 0.2) is 30.4 Å². The zero-order chi connectivity index (χ0) is 16.7. The number of carbonyl (C=O) groups excluding carboxylic acids is 1. The van der Waals surface area contributed by atoms with E-state index in [4.69, 9.17) is 0 Å². The van der Waals surface area contributed by atoms with Gasteiger partial charge in [0.2, 0.25) is 0 Å². The fraction of sp³-hybridized carbons (Fsp3) is 0.500. The maximum atomic E-state index is 13.2. The van der Waals surface area contributed by atoms with E-state index in [0.717, 1.165) is 28.7 Å². The van der Waals surface area contributed by atoms with Crippen LogP contribution in [0.5, 0.6) is 0 Å². The second-order valence-corrected chi connectivity index (χ2v) is 7.44. The molecule has 0 aliphatic heterocycles. The normalized spacial score (nSPS) is 33.1. The highest BCUT2D eigenvalue weighted by Gasteiger charge is 2.51. The minimum absolute atomic E-state index is 0.114. The van der Waals surface area contributed by atoms with Gasteiger partial charge in [0.25, 0.3) is 0 Å². The van der Waals surface area contributed by atoms with Crippen molar-refractivity contribution in [2.24, 2.45) is 23.7 Å². The van der Waals surface area contributed by atoms with Crippen molar-refractivity contribution in [1.82, 2.24) is 0 Å². The van der Waals surface area contributed by atoms with Gasteiger partial charge in [-0.25, -0.2) is 0 Å². The molecule has 0 saturated heterocycles. The van der Waals surface area contributed by atoms with Crippen molar-refractivity contribution < 1.29 is 4.79 Å². The number of Topliss-reactive ketones (excluding diaryl/α,β-unsaturated/α-hetero) is 1. The number of hydrogen-bond acceptors (Lipinski definition) is 1. The Bertz CT molecular complexity index is 687. The highest BCUT2D eigenvalue weighted by molar-refractivity contribution is 5.95. The molecule has 23 heavy (non-hydrogen) atoms. The van der Waals surface area contributed by atoms with Gasteiger partial charge >= 0.3 is 0 Å². The van der Waals surface area contributed by atoms with Gasteiger partial charge in [-0.2, -0.15) is 0 Å². The molecule has 120 valence electrons. The molecule has 0 spiro atoms. The van der Waals surface area contributed by atoms with Gasteiger partial charge in [0.05, 0.1) is 5.92 Å². The molecule has 0 bridgehead atoms. The fourth-order valence-corrected chi connectivity index (χ4v) is 4.79. The van der Waals surface area contributed by atoms with Crippen molar-refractivity contribution in [2.45, 2.75) is 46.5 Å². The van der Waals surface area contributed by atoms with Crippen LogP contribution in [0.25, 0.3) is 0 Å². The number of rotatable bonds is 1. The molecule has 5 atom stereocenters.